The average Bonchev–Trinajstić information content (AvgIpc) is 3.37. The summed E-state index contributed by atoms with van der Waals surface area (Å²) in [5, 5.41) is 3.08. The molecular formula is C56H39N. The maximum Gasteiger partial charge on any atom is 0.0651 e. The highest BCUT2D eigenvalue weighted by Crippen LogP contribution is 2.42. The van der Waals surface area contributed by atoms with Crippen molar-refractivity contribution in [3.63, 3.8) is 0 Å². The van der Waals surface area contributed by atoms with Crippen LogP contribution < -0.4 is 4.90 Å². The Balaban J connectivity index is 1.29. The Morgan fingerprint density at radius 3 is 1.58 bits per heavy atom. The molecule has 0 aromatic heterocycles. The first-order valence-corrected chi connectivity index (χ1v) is 18.6. The van der Waals surface area contributed by atoms with Crippen LogP contribution >= 0.6 is 0 Å². The van der Waals surface area contributed by atoms with Gasteiger partial charge in [0, 0.05) is 17.1 Å². The largest absolute Gasteiger partial charge is 0.310 e. The molecule has 0 aliphatic heterocycles. The van der Waals surface area contributed by atoms with E-state index in [-0.39, 0.29) is 16.7 Å². The molecule has 0 saturated heterocycles. The summed E-state index contributed by atoms with van der Waals surface area (Å²) in [5.41, 5.74) is 2.33. The number of hydrogen-bond donors (Lipinski definition) is 0. The first kappa shape index (κ1) is 23.4. The number of hydrogen-bond acceptors (Lipinski definition) is 1. The molecule has 0 bridgehead atoms. The second kappa shape index (κ2) is 15.0. The van der Waals surface area contributed by atoms with Crippen LogP contribution in [0, 0.1) is 0 Å². The first-order valence-electron chi connectivity index (χ1n) is 24.6. The summed E-state index contributed by atoms with van der Waals surface area (Å²) < 4.78 is 115. The van der Waals surface area contributed by atoms with E-state index in [1.165, 1.54) is 0 Å². The maximum absolute atomic E-state index is 9.92. The van der Waals surface area contributed by atoms with E-state index < -0.39 is 89.6 Å². The van der Waals surface area contributed by atoms with Crippen molar-refractivity contribution in [2.75, 3.05) is 4.90 Å². The van der Waals surface area contributed by atoms with Gasteiger partial charge in [0.1, 0.15) is 0 Å². The highest BCUT2D eigenvalue weighted by molar-refractivity contribution is 6.04. The Morgan fingerprint density at radius 1 is 0.316 bits per heavy atom. The summed E-state index contributed by atoms with van der Waals surface area (Å²) in [4.78, 5) is 0.907. The fourth-order valence-electron chi connectivity index (χ4n) is 7.35. The van der Waals surface area contributed by atoms with Gasteiger partial charge in [0.15, 0.2) is 0 Å². The zero-order chi connectivity index (χ0) is 48.4. The van der Waals surface area contributed by atoms with Gasteiger partial charge in [-0.2, -0.15) is 0 Å². The number of benzene rings is 10. The molecule has 0 fully saturated rings. The van der Waals surface area contributed by atoms with E-state index in [9.17, 15) is 16.4 Å². The Morgan fingerprint density at radius 2 is 0.860 bits per heavy atom. The maximum atomic E-state index is 9.92. The molecular weight excluding hydrogens is 687 g/mol. The summed E-state index contributed by atoms with van der Waals surface area (Å²) in [6.45, 7) is 0. The van der Waals surface area contributed by atoms with Crippen molar-refractivity contribution in [1.29, 1.82) is 0 Å². The van der Waals surface area contributed by atoms with E-state index in [1.807, 2.05) is 115 Å². The average molecular weight is 738 g/mol. The Hall–Kier alpha value is -7.48. The fourth-order valence-corrected chi connectivity index (χ4v) is 7.35. The highest BCUT2D eigenvalue weighted by Gasteiger charge is 2.17. The van der Waals surface area contributed by atoms with Gasteiger partial charge >= 0.3 is 0 Å². The van der Waals surface area contributed by atoms with Crippen LogP contribution in [0.2, 0.25) is 0 Å². The molecule has 0 radical (unpaired) electrons. The van der Waals surface area contributed by atoms with Crippen molar-refractivity contribution in [2.45, 2.75) is 0 Å². The van der Waals surface area contributed by atoms with Gasteiger partial charge in [0.25, 0.3) is 0 Å². The minimum absolute atomic E-state index is 0.0529. The minimum Gasteiger partial charge on any atom is -0.310 e. The van der Waals surface area contributed by atoms with Gasteiger partial charge in [-0.15, -0.1) is 0 Å². The van der Waals surface area contributed by atoms with Crippen LogP contribution in [0.1, 0.15) is 16.4 Å². The monoisotopic (exact) mass is 737 g/mol. The Kier molecular flexibility index (Phi) is 6.16. The molecule has 0 amide bonds. The lowest BCUT2D eigenvalue weighted by Crippen LogP contribution is -2.10. The number of fused-ring (bicyclic) bond motifs is 2. The molecule has 10 rings (SSSR count). The third kappa shape index (κ3) is 6.66. The lowest BCUT2D eigenvalue weighted by Gasteiger charge is -2.27. The molecule has 0 spiro atoms. The molecule has 0 N–H and O–H groups in total. The van der Waals surface area contributed by atoms with E-state index in [1.54, 1.807) is 48.5 Å². The van der Waals surface area contributed by atoms with Crippen molar-refractivity contribution in [2.24, 2.45) is 0 Å². The van der Waals surface area contributed by atoms with Gasteiger partial charge < -0.3 is 4.90 Å². The van der Waals surface area contributed by atoms with Crippen molar-refractivity contribution in [3.05, 3.63) is 236 Å². The molecule has 0 atom stereocenters. The number of nitrogens with zero attached hydrogens (tertiary/aromatic N) is 1. The lowest BCUT2D eigenvalue weighted by atomic mass is 9.90. The molecule has 57 heavy (non-hydrogen) atoms. The molecule has 10 aromatic carbocycles. The van der Waals surface area contributed by atoms with Crippen LogP contribution in [0.3, 0.4) is 0 Å². The smallest absolute Gasteiger partial charge is 0.0651 e. The van der Waals surface area contributed by atoms with Crippen molar-refractivity contribution >= 4 is 38.6 Å². The predicted molar refractivity (Wildman–Crippen MR) is 243 cm³/mol. The summed E-state index contributed by atoms with van der Waals surface area (Å²) in [6, 6.07) is 42.6. The van der Waals surface area contributed by atoms with Crippen molar-refractivity contribution < 1.29 is 16.4 Å². The standard InChI is InChI=1S/C56H39N/c1-3-14-40(15-4-1)46-21-11-22-47(38-46)41-28-33-49(34-29-41)57(51-24-12-23-48(39-51)53-27-13-20-42-16-7-9-25-52(42)53)50-35-30-44(31-36-50)55-37-32-43-17-8-10-26-54(43)56(55)45-18-5-2-6-19-45/h1-39H/i12D,23D,24D,28D,29D,30D,31D,33D,34D,35D,36D,39D. The zero-order valence-corrected chi connectivity index (χ0v) is 30.5. The van der Waals surface area contributed by atoms with Crippen LogP contribution in [0.4, 0.5) is 17.1 Å². The van der Waals surface area contributed by atoms with Gasteiger partial charge in [-0.3, -0.25) is 0 Å². The van der Waals surface area contributed by atoms with E-state index >= 15 is 0 Å². The van der Waals surface area contributed by atoms with E-state index in [2.05, 4.69) is 0 Å². The molecule has 268 valence electrons. The molecule has 1 heteroatoms. The summed E-state index contributed by atoms with van der Waals surface area (Å²) in [6.07, 6.45) is 0. The molecule has 1 nitrogen and oxygen atoms in total. The molecule has 0 unspecified atom stereocenters. The topological polar surface area (TPSA) is 3.24 Å². The lowest BCUT2D eigenvalue weighted by molar-refractivity contribution is 1.28. The van der Waals surface area contributed by atoms with E-state index in [4.69, 9.17) is 0 Å². The van der Waals surface area contributed by atoms with Gasteiger partial charge in [-0.05, 0) is 120 Å². The molecule has 0 aliphatic rings. The van der Waals surface area contributed by atoms with Crippen LogP contribution in [0.15, 0.2) is 236 Å². The Bertz CT molecular complexity index is 3640. The van der Waals surface area contributed by atoms with Crippen molar-refractivity contribution in [3.8, 4) is 55.6 Å². The van der Waals surface area contributed by atoms with Crippen LogP contribution in [0.25, 0.3) is 77.2 Å². The molecule has 0 aliphatic carbocycles. The quantitative estimate of drug-likeness (QED) is 0.150. The van der Waals surface area contributed by atoms with Crippen LogP contribution in [-0.2, 0) is 0 Å². The van der Waals surface area contributed by atoms with E-state index in [0.29, 0.717) is 27.6 Å². The normalized spacial score (nSPS) is 14.1. The molecule has 0 saturated carbocycles. The van der Waals surface area contributed by atoms with Crippen molar-refractivity contribution in [1.82, 2.24) is 0 Å². The molecule has 0 heterocycles. The third-order valence-electron chi connectivity index (χ3n) is 10.1. The molecule has 10 aromatic rings. The fraction of sp³-hybridized carbons (Fsp3) is 0. The minimum atomic E-state index is -0.729. The van der Waals surface area contributed by atoms with Crippen LogP contribution in [-0.4, -0.2) is 0 Å². The second-order valence-electron chi connectivity index (χ2n) is 13.6. The van der Waals surface area contributed by atoms with E-state index in [0.717, 1.165) is 37.7 Å². The highest BCUT2D eigenvalue weighted by atomic mass is 15.1. The van der Waals surface area contributed by atoms with Gasteiger partial charge in [-0.25, -0.2) is 0 Å². The first-order chi connectivity index (χ1) is 33.3. The zero-order valence-electron chi connectivity index (χ0n) is 42.5. The Labute approximate surface area is 351 Å². The number of anilines is 3. The van der Waals surface area contributed by atoms with Gasteiger partial charge in [0.2, 0.25) is 0 Å². The van der Waals surface area contributed by atoms with Crippen LogP contribution in [0.5, 0.6) is 0 Å². The summed E-state index contributed by atoms with van der Waals surface area (Å²) >= 11 is 0. The predicted octanol–water partition coefficient (Wildman–Crippen LogP) is 15.8. The SMILES string of the molecule is [2H]c1c([2H])c(-c2cccc3ccccc23)c([2H])c(N(c2c([2H])c([2H])c(-c3cccc(-c4ccccc4)c3)c([2H])c2[2H])c2c([2H])c([2H])c(-c3ccc4ccccc4c3-c3ccccc3)c([2H])c2[2H])c1[2H]. The summed E-state index contributed by atoms with van der Waals surface area (Å²) in [7, 11) is 0. The van der Waals surface area contributed by atoms with Gasteiger partial charge in [0.05, 0.1) is 16.4 Å². The second-order valence-corrected chi connectivity index (χ2v) is 13.6. The summed E-state index contributed by atoms with van der Waals surface area (Å²) in [5.74, 6) is 0. The van der Waals surface area contributed by atoms with Gasteiger partial charge in [-0.1, -0.05) is 194 Å². The number of rotatable bonds is 8. The third-order valence-corrected chi connectivity index (χ3v) is 10.1.